The SMILES string of the molecule is CCOC(CC)C(NN)c1ccc(Cl)cc1. The molecule has 0 aliphatic rings. The molecular weight excluding hydrogens is 224 g/mol. The van der Waals surface area contributed by atoms with Crippen LogP contribution in [0.2, 0.25) is 5.02 Å². The number of halogens is 1. The Balaban J connectivity index is 2.83. The van der Waals surface area contributed by atoms with Gasteiger partial charge in [-0.2, -0.15) is 0 Å². The van der Waals surface area contributed by atoms with E-state index in [1.165, 1.54) is 0 Å². The van der Waals surface area contributed by atoms with E-state index in [0.29, 0.717) is 6.61 Å². The van der Waals surface area contributed by atoms with Crippen molar-refractivity contribution in [2.75, 3.05) is 6.61 Å². The minimum absolute atomic E-state index is 0.00205. The van der Waals surface area contributed by atoms with Gasteiger partial charge in [-0.3, -0.25) is 11.3 Å². The van der Waals surface area contributed by atoms with Crippen LogP contribution in [0.1, 0.15) is 31.9 Å². The molecule has 2 unspecified atom stereocenters. The Morgan fingerprint density at radius 3 is 2.38 bits per heavy atom. The Labute approximate surface area is 102 Å². The van der Waals surface area contributed by atoms with Crippen LogP contribution in [0.4, 0.5) is 0 Å². The Kier molecular flexibility index (Phi) is 5.77. The Bertz CT molecular complexity index is 302. The minimum atomic E-state index is 0.00205. The smallest absolute Gasteiger partial charge is 0.0779 e. The van der Waals surface area contributed by atoms with E-state index < -0.39 is 0 Å². The summed E-state index contributed by atoms with van der Waals surface area (Å²) >= 11 is 5.85. The van der Waals surface area contributed by atoms with Crippen LogP contribution in [-0.2, 0) is 4.74 Å². The average molecular weight is 243 g/mol. The second-order valence-electron chi connectivity index (χ2n) is 3.60. The molecule has 1 rings (SSSR count). The van der Waals surface area contributed by atoms with Crippen molar-refractivity contribution in [3.8, 4) is 0 Å². The lowest BCUT2D eigenvalue weighted by Crippen LogP contribution is -2.37. The van der Waals surface area contributed by atoms with E-state index in [-0.39, 0.29) is 12.1 Å². The summed E-state index contributed by atoms with van der Waals surface area (Å²) in [5, 5.41) is 0.726. The van der Waals surface area contributed by atoms with Crippen LogP contribution < -0.4 is 11.3 Å². The van der Waals surface area contributed by atoms with Crippen LogP contribution in [0, 0.1) is 0 Å². The van der Waals surface area contributed by atoms with Crippen LogP contribution >= 0.6 is 11.6 Å². The Morgan fingerprint density at radius 2 is 1.94 bits per heavy atom. The first-order valence-electron chi connectivity index (χ1n) is 5.56. The van der Waals surface area contributed by atoms with Gasteiger partial charge in [-0.05, 0) is 31.0 Å². The molecule has 1 aromatic rings. The molecule has 0 aromatic heterocycles. The zero-order valence-electron chi connectivity index (χ0n) is 9.74. The number of hydrazine groups is 1. The standard InChI is InChI=1S/C12H19ClN2O/c1-3-11(16-4-2)12(15-14)9-5-7-10(13)8-6-9/h5-8,11-12,15H,3-4,14H2,1-2H3. The van der Waals surface area contributed by atoms with Crippen LogP contribution in [0.15, 0.2) is 24.3 Å². The predicted octanol–water partition coefficient (Wildman–Crippen LogP) is 2.66. The van der Waals surface area contributed by atoms with Gasteiger partial charge in [0.1, 0.15) is 0 Å². The zero-order chi connectivity index (χ0) is 12.0. The van der Waals surface area contributed by atoms with Crippen molar-refractivity contribution in [1.29, 1.82) is 0 Å². The summed E-state index contributed by atoms with van der Waals surface area (Å²) in [7, 11) is 0. The fourth-order valence-corrected chi connectivity index (χ4v) is 1.88. The van der Waals surface area contributed by atoms with Gasteiger partial charge in [-0.1, -0.05) is 30.7 Å². The molecular formula is C12H19ClN2O. The molecule has 0 heterocycles. The number of nitrogens with two attached hydrogens (primary N) is 1. The van der Waals surface area contributed by atoms with E-state index in [1.807, 2.05) is 31.2 Å². The highest BCUT2D eigenvalue weighted by molar-refractivity contribution is 6.30. The molecule has 0 amide bonds. The van der Waals surface area contributed by atoms with E-state index in [4.69, 9.17) is 22.2 Å². The van der Waals surface area contributed by atoms with Crippen molar-refractivity contribution >= 4 is 11.6 Å². The first kappa shape index (κ1) is 13.5. The van der Waals surface area contributed by atoms with Crippen LogP contribution in [0.3, 0.4) is 0 Å². The van der Waals surface area contributed by atoms with Gasteiger partial charge >= 0.3 is 0 Å². The van der Waals surface area contributed by atoms with Crippen LogP contribution in [-0.4, -0.2) is 12.7 Å². The Hall–Kier alpha value is -0.610. The van der Waals surface area contributed by atoms with Gasteiger partial charge in [0.2, 0.25) is 0 Å². The fourth-order valence-electron chi connectivity index (χ4n) is 1.75. The van der Waals surface area contributed by atoms with Crippen molar-refractivity contribution in [1.82, 2.24) is 5.43 Å². The maximum absolute atomic E-state index is 5.85. The lowest BCUT2D eigenvalue weighted by Gasteiger charge is -2.25. The number of nitrogens with one attached hydrogen (secondary N) is 1. The van der Waals surface area contributed by atoms with Gasteiger partial charge in [-0.25, -0.2) is 0 Å². The summed E-state index contributed by atoms with van der Waals surface area (Å²) in [5.41, 5.74) is 3.90. The molecule has 90 valence electrons. The maximum atomic E-state index is 5.85. The number of hydrogen-bond donors (Lipinski definition) is 2. The molecule has 0 saturated carbocycles. The molecule has 3 nitrogen and oxygen atoms in total. The zero-order valence-corrected chi connectivity index (χ0v) is 10.5. The highest BCUT2D eigenvalue weighted by Crippen LogP contribution is 2.22. The van der Waals surface area contributed by atoms with E-state index in [1.54, 1.807) is 0 Å². The van der Waals surface area contributed by atoms with Crippen molar-refractivity contribution in [3.05, 3.63) is 34.9 Å². The highest BCUT2D eigenvalue weighted by Gasteiger charge is 2.20. The van der Waals surface area contributed by atoms with Crippen molar-refractivity contribution in [2.24, 2.45) is 5.84 Å². The van der Waals surface area contributed by atoms with E-state index in [0.717, 1.165) is 17.0 Å². The summed E-state index contributed by atoms with van der Waals surface area (Å²) in [4.78, 5) is 0. The topological polar surface area (TPSA) is 47.3 Å². The molecule has 0 radical (unpaired) electrons. The number of rotatable bonds is 6. The van der Waals surface area contributed by atoms with E-state index >= 15 is 0 Å². The summed E-state index contributed by atoms with van der Waals surface area (Å²) in [6.07, 6.45) is 0.988. The molecule has 4 heteroatoms. The van der Waals surface area contributed by atoms with Crippen LogP contribution in [0.5, 0.6) is 0 Å². The van der Waals surface area contributed by atoms with Gasteiger partial charge in [0, 0.05) is 11.6 Å². The van der Waals surface area contributed by atoms with Crippen molar-refractivity contribution in [2.45, 2.75) is 32.4 Å². The molecule has 2 atom stereocenters. The van der Waals surface area contributed by atoms with Crippen molar-refractivity contribution in [3.63, 3.8) is 0 Å². The number of hydrogen-bond acceptors (Lipinski definition) is 3. The number of ether oxygens (including phenoxy) is 1. The van der Waals surface area contributed by atoms with E-state index in [2.05, 4.69) is 12.3 Å². The molecule has 0 bridgehead atoms. The van der Waals surface area contributed by atoms with E-state index in [9.17, 15) is 0 Å². The molecule has 0 saturated heterocycles. The van der Waals surface area contributed by atoms with Gasteiger partial charge in [0.05, 0.1) is 12.1 Å². The predicted molar refractivity (Wildman–Crippen MR) is 67.2 cm³/mol. The molecule has 0 aliphatic heterocycles. The molecule has 0 aliphatic carbocycles. The second-order valence-corrected chi connectivity index (χ2v) is 4.03. The molecule has 1 aromatic carbocycles. The third-order valence-corrected chi connectivity index (χ3v) is 2.82. The third-order valence-electron chi connectivity index (χ3n) is 2.56. The first-order chi connectivity index (χ1) is 7.72. The largest absolute Gasteiger partial charge is 0.376 e. The first-order valence-corrected chi connectivity index (χ1v) is 5.93. The normalized spacial score (nSPS) is 14.8. The van der Waals surface area contributed by atoms with Crippen molar-refractivity contribution < 1.29 is 4.74 Å². The monoisotopic (exact) mass is 242 g/mol. The quantitative estimate of drug-likeness (QED) is 0.596. The minimum Gasteiger partial charge on any atom is -0.376 e. The average Bonchev–Trinajstić information content (AvgIpc) is 2.31. The van der Waals surface area contributed by atoms with Gasteiger partial charge in [0.25, 0.3) is 0 Å². The summed E-state index contributed by atoms with van der Waals surface area (Å²) in [6, 6.07) is 7.66. The van der Waals surface area contributed by atoms with Gasteiger partial charge in [0.15, 0.2) is 0 Å². The molecule has 3 N–H and O–H groups in total. The lowest BCUT2D eigenvalue weighted by atomic mass is 10.0. The van der Waals surface area contributed by atoms with Crippen LogP contribution in [0.25, 0.3) is 0 Å². The summed E-state index contributed by atoms with van der Waals surface area (Å²) in [5.74, 6) is 5.59. The summed E-state index contributed by atoms with van der Waals surface area (Å²) < 4.78 is 5.65. The fraction of sp³-hybridized carbons (Fsp3) is 0.500. The maximum Gasteiger partial charge on any atom is 0.0779 e. The summed E-state index contributed by atoms with van der Waals surface area (Å²) in [6.45, 7) is 4.75. The third kappa shape index (κ3) is 3.46. The number of benzene rings is 1. The van der Waals surface area contributed by atoms with Gasteiger partial charge in [-0.15, -0.1) is 0 Å². The Morgan fingerprint density at radius 1 is 1.31 bits per heavy atom. The lowest BCUT2D eigenvalue weighted by molar-refractivity contribution is 0.0314. The molecule has 0 fully saturated rings. The van der Waals surface area contributed by atoms with Gasteiger partial charge < -0.3 is 4.74 Å². The highest BCUT2D eigenvalue weighted by atomic mass is 35.5. The molecule has 0 spiro atoms. The second kappa shape index (κ2) is 6.86. The molecule has 16 heavy (non-hydrogen) atoms.